The maximum Gasteiger partial charge on any atom is 0.309 e. The zero-order valence-electron chi connectivity index (χ0n) is 12.7. The number of hydrogen-bond donors (Lipinski definition) is 0. The van der Waals surface area contributed by atoms with E-state index >= 15 is 0 Å². The first-order valence-corrected chi connectivity index (χ1v) is 7.71. The molecule has 0 amide bonds. The van der Waals surface area contributed by atoms with E-state index in [2.05, 4.69) is 6.07 Å². The Labute approximate surface area is 130 Å². The Morgan fingerprint density at radius 1 is 1.14 bits per heavy atom. The molecule has 0 N–H and O–H groups in total. The van der Waals surface area contributed by atoms with Crippen LogP contribution in [0, 0.1) is 5.92 Å². The zero-order chi connectivity index (χ0) is 15.4. The lowest BCUT2D eigenvalue weighted by Crippen LogP contribution is -2.07. The van der Waals surface area contributed by atoms with E-state index in [1.807, 2.05) is 55.5 Å². The molecule has 0 aliphatic heterocycles. The summed E-state index contributed by atoms with van der Waals surface area (Å²) in [4.78, 5) is 11.7. The first-order valence-electron chi connectivity index (χ1n) is 7.71. The number of carbonyl (C=O) groups excluding carboxylic acids is 1. The molecule has 1 fully saturated rings. The highest BCUT2D eigenvalue weighted by Crippen LogP contribution is 2.48. The summed E-state index contributed by atoms with van der Waals surface area (Å²) in [7, 11) is 0. The largest absolute Gasteiger partial charge is 0.489 e. The Bertz CT molecular complexity index is 636. The summed E-state index contributed by atoms with van der Waals surface area (Å²) in [6.45, 7) is 2.84. The lowest BCUT2D eigenvalue weighted by atomic mass is 10.1. The van der Waals surface area contributed by atoms with Gasteiger partial charge < -0.3 is 9.47 Å². The Morgan fingerprint density at radius 3 is 2.73 bits per heavy atom. The summed E-state index contributed by atoms with van der Waals surface area (Å²) in [5.74, 6) is 1.06. The molecule has 2 atom stereocenters. The number of hydrogen-bond acceptors (Lipinski definition) is 3. The van der Waals surface area contributed by atoms with Crippen molar-refractivity contribution in [2.75, 3.05) is 6.61 Å². The smallest absolute Gasteiger partial charge is 0.309 e. The van der Waals surface area contributed by atoms with Crippen molar-refractivity contribution in [3.05, 3.63) is 65.7 Å². The second kappa shape index (κ2) is 6.65. The molecule has 1 aliphatic carbocycles. The summed E-state index contributed by atoms with van der Waals surface area (Å²) < 4.78 is 10.9. The second-order valence-electron chi connectivity index (χ2n) is 5.55. The summed E-state index contributed by atoms with van der Waals surface area (Å²) in [5, 5.41) is 0. The predicted octanol–water partition coefficient (Wildman–Crippen LogP) is 3.93. The normalized spacial score (nSPS) is 19.5. The van der Waals surface area contributed by atoms with Crippen molar-refractivity contribution in [3.63, 3.8) is 0 Å². The van der Waals surface area contributed by atoms with Gasteiger partial charge in [0.1, 0.15) is 12.4 Å². The van der Waals surface area contributed by atoms with Crippen LogP contribution in [0.3, 0.4) is 0 Å². The van der Waals surface area contributed by atoms with Gasteiger partial charge >= 0.3 is 5.97 Å². The first kappa shape index (κ1) is 14.6. The third-order valence-corrected chi connectivity index (χ3v) is 3.91. The Kier molecular flexibility index (Phi) is 4.42. The van der Waals surface area contributed by atoms with Gasteiger partial charge in [-0.1, -0.05) is 42.5 Å². The quantitative estimate of drug-likeness (QED) is 0.758. The molecule has 0 spiro atoms. The molecule has 0 bridgehead atoms. The highest BCUT2D eigenvalue weighted by Gasteiger charge is 2.45. The van der Waals surface area contributed by atoms with Crippen LogP contribution in [-0.2, 0) is 16.1 Å². The maximum atomic E-state index is 11.7. The highest BCUT2D eigenvalue weighted by molar-refractivity contribution is 5.77. The lowest BCUT2D eigenvalue weighted by Gasteiger charge is -2.08. The molecule has 0 aromatic heterocycles. The van der Waals surface area contributed by atoms with Crippen molar-refractivity contribution < 1.29 is 14.3 Å². The molecule has 0 saturated heterocycles. The van der Waals surface area contributed by atoms with E-state index in [0.717, 1.165) is 23.3 Å². The van der Waals surface area contributed by atoms with E-state index in [1.54, 1.807) is 0 Å². The van der Waals surface area contributed by atoms with Crippen LogP contribution in [-0.4, -0.2) is 12.6 Å². The van der Waals surface area contributed by atoms with Gasteiger partial charge in [0.2, 0.25) is 0 Å². The maximum absolute atomic E-state index is 11.7. The molecule has 1 aliphatic rings. The Hall–Kier alpha value is -2.29. The molecular formula is C19H20O3. The Balaban J connectivity index is 1.60. The van der Waals surface area contributed by atoms with E-state index in [9.17, 15) is 4.79 Å². The molecule has 22 heavy (non-hydrogen) atoms. The summed E-state index contributed by atoms with van der Waals surface area (Å²) in [6.07, 6.45) is 0.876. The predicted molar refractivity (Wildman–Crippen MR) is 84.7 cm³/mol. The minimum Gasteiger partial charge on any atom is -0.489 e. The molecule has 3 heteroatoms. The van der Waals surface area contributed by atoms with Crippen LogP contribution in [0.15, 0.2) is 54.6 Å². The minimum absolute atomic E-state index is 0.0179. The van der Waals surface area contributed by atoms with Gasteiger partial charge in [0.25, 0.3) is 0 Å². The van der Waals surface area contributed by atoms with Crippen LogP contribution in [0.25, 0.3) is 0 Å². The molecule has 114 valence electrons. The van der Waals surface area contributed by atoms with Crippen LogP contribution < -0.4 is 4.74 Å². The topological polar surface area (TPSA) is 35.5 Å². The second-order valence-corrected chi connectivity index (χ2v) is 5.55. The molecule has 3 nitrogen and oxygen atoms in total. The molecule has 2 unspecified atom stereocenters. The van der Waals surface area contributed by atoms with Crippen LogP contribution in [0.4, 0.5) is 0 Å². The zero-order valence-corrected chi connectivity index (χ0v) is 12.7. The molecular weight excluding hydrogens is 276 g/mol. The number of carbonyl (C=O) groups is 1. The SMILES string of the molecule is CCOC(=O)C1CC1c1cccc(OCc2ccccc2)c1. The minimum atomic E-state index is -0.0805. The van der Waals surface area contributed by atoms with Crippen LogP contribution >= 0.6 is 0 Å². The van der Waals surface area contributed by atoms with Gasteiger partial charge in [-0.25, -0.2) is 0 Å². The van der Waals surface area contributed by atoms with Gasteiger partial charge in [-0.3, -0.25) is 4.79 Å². The molecule has 0 heterocycles. The van der Waals surface area contributed by atoms with Gasteiger partial charge in [-0.05, 0) is 42.5 Å². The molecule has 3 rings (SSSR count). The van der Waals surface area contributed by atoms with Crippen molar-refractivity contribution in [2.24, 2.45) is 5.92 Å². The van der Waals surface area contributed by atoms with Gasteiger partial charge in [0.15, 0.2) is 0 Å². The van der Waals surface area contributed by atoms with Gasteiger partial charge in [0.05, 0.1) is 12.5 Å². The van der Waals surface area contributed by atoms with Crippen molar-refractivity contribution in [3.8, 4) is 5.75 Å². The van der Waals surface area contributed by atoms with E-state index in [4.69, 9.17) is 9.47 Å². The van der Waals surface area contributed by atoms with Crippen molar-refractivity contribution >= 4 is 5.97 Å². The van der Waals surface area contributed by atoms with E-state index in [0.29, 0.717) is 13.2 Å². The van der Waals surface area contributed by atoms with Crippen LogP contribution in [0.5, 0.6) is 5.75 Å². The number of benzene rings is 2. The fourth-order valence-electron chi connectivity index (χ4n) is 2.65. The van der Waals surface area contributed by atoms with Gasteiger partial charge in [0, 0.05) is 0 Å². The Morgan fingerprint density at radius 2 is 1.95 bits per heavy atom. The number of ether oxygens (including phenoxy) is 2. The molecule has 0 radical (unpaired) electrons. The number of rotatable bonds is 6. The average Bonchev–Trinajstić information content (AvgIpc) is 3.35. The third kappa shape index (κ3) is 3.48. The lowest BCUT2D eigenvalue weighted by molar-refractivity contribution is -0.144. The standard InChI is InChI=1S/C19H20O3/c1-2-21-19(20)18-12-17(18)15-9-6-10-16(11-15)22-13-14-7-4-3-5-8-14/h3-11,17-18H,2,12-13H2,1H3. The third-order valence-electron chi connectivity index (χ3n) is 3.91. The molecule has 1 saturated carbocycles. The summed E-state index contributed by atoms with van der Waals surface area (Å²) in [5.41, 5.74) is 2.30. The van der Waals surface area contributed by atoms with Crippen LogP contribution in [0.1, 0.15) is 30.4 Å². The average molecular weight is 296 g/mol. The summed E-state index contributed by atoms with van der Waals surface area (Å²) >= 11 is 0. The highest BCUT2D eigenvalue weighted by atomic mass is 16.5. The fraction of sp³-hybridized carbons (Fsp3) is 0.316. The van der Waals surface area contributed by atoms with E-state index in [-0.39, 0.29) is 17.8 Å². The van der Waals surface area contributed by atoms with E-state index < -0.39 is 0 Å². The summed E-state index contributed by atoms with van der Waals surface area (Å²) in [6, 6.07) is 18.1. The van der Waals surface area contributed by atoms with Crippen molar-refractivity contribution in [2.45, 2.75) is 25.9 Å². The fourth-order valence-corrected chi connectivity index (χ4v) is 2.65. The van der Waals surface area contributed by atoms with Crippen molar-refractivity contribution in [1.82, 2.24) is 0 Å². The molecule has 2 aromatic carbocycles. The van der Waals surface area contributed by atoms with Gasteiger partial charge in [-0.2, -0.15) is 0 Å². The van der Waals surface area contributed by atoms with Gasteiger partial charge in [-0.15, -0.1) is 0 Å². The van der Waals surface area contributed by atoms with Crippen molar-refractivity contribution in [1.29, 1.82) is 0 Å². The monoisotopic (exact) mass is 296 g/mol. The first-order chi connectivity index (χ1) is 10.8. The van der Waals surface area contributed by atoms with Crippen LogP contribution in [0.2, 0.25) is 0 Å². The van der Waals surface area contributed by atoms with E-state index in [1.165, 1.54) is 0 Å². The molecule has 2 aromatic rings. The number of esters is 1.